The van der Waals surface area contributed by atoms with Crippen LogP contribution >= 0.6 is 11.6 Å². The van der Waals surface area contributed by atoms with E-state index in [-0.39, 0.29) is 41.7 Å². The zero-order valence-electron chi connectivity index (χ0n) is 14.9. The van der Waals surface area contributed by atoms with Crippen LogP contribution in [0.5, 0.6) is 0 Å². The first-order valence-electron chi connectivity index (χ1n) is 8.25. The molecule has 8 heteroatoms. The standard InChI is InChI=1S/C19H18ClFN4O2/c1-19(9-17(27)25(2)18(22)24-19)13-7-11(3-5-14(13)21)8-16(26)15-6-4-12(20)10-23-15/h3-7,10H,8-9H2,1-2H3,(H2,22,24). The fourth-order valence-corrected chi connectivity index (χ4v) is 3.09. The highest BCUT2D eigenvalue weighted by Crippen LogP contribution is 2.35. The van der Waals surface area contributed by atoms with Gasteiger partial charge in [0.25, 0.3) is 0 Å². The van der Waals surface area contributed by atoms with Gasteiger partial charge in [-0.15, -0.1) is 0 Å². The topological polar surface area (TPSA) is 88.7 Å². The number of hydrogen-bond acceptors (Lipinski definition) is 5. The van der Waals surface area contributed by atoms with Crippen LogP contribution in [0.3, 0.4) is 0 Å². The molecule has 140 valence electrons. The van der Waals surface area contributed by atoms with Crippen LogP contribution in [0, 0.1) is 5.82 Å². The minimum atomic E-state index is -1.13. The molecule has 1 aromatic heterocycles. The summed E-state index contributed by atoms with van der Waals surface area (Å²) in [5.41, 5.74) is 5.76. The molecule has 6 nitrogen and oxygen atoms in total. The Kier molecular flexibility index (Phi) is 4.97. The maximum absolute atomic E-state index is 14.5. The average molecular weight is 389 g/mol. The minimum absolute atomic E-state index is 0.0166. The molecule has 27 heavy (non-hydrogen) atoms. The summed E-state index contributed by atoms with van der Waals surface area (Å²) in [7, 11) is 1.52. The van der Waals surface area contributed by atoms with Crippen molar-refractivity contribution in [2.45, 2.75) is 25.3 Å². The van der Waals surface area contributed by atoms with Gasteiger partial charge in [-0.25, -0.2) is 9.38 Å². The molecular weight excluding hydrogens is 371 g/mol. The molecule has 0 bridgehead atoms. The van der Waals surface area contributed by atoms with Crippen LogP contribution in [0.25, 0.3) is 0 Å². The lowest BCUT2D eigenvalue weighted by Gasteiger charge is -2.34. The Hall–Kier alpha value is -2.80. The van der Waals surface area contributed by atoms with Gasteiger partial charge in [-0.1, -0.05) is 17.7 Å². The number of Topliss-reactive ketones (excluding diaryl/α,β-unsaturated/α-hetero) is 1. The highest BCUT2D eigenvalue weighted by atomic mass is 35.5. The second-order valence-electron chi connectivity index (χ2n) is 6.65. The molecule has 3 rings (SSSR count). The summed E-state index contributed by atoms with van der Waals surface area (Å²) in [6.45, 7) is 1.65. The maximum Gasteiger partial charge on any atom is 0.231 e. The fraction of sp³-hybridized carbons (Fsp3) is 0.263. The first-order chi connectivity index (χ1) is 12.7. The maximum atomic E-state index is 14.5. The normalized spacial score (nSPS) is 19.8. The summed E-state index contributed by atoms with van der Waals surface area (Å²) in [5.74, 6) is -0.958. The van der Waals surface area contributed by atoms with Crippen molar-refractivity contribution < 1.29 is 14.0 Å². The number of halogens is 2. The van der Waals surface area contributed by atoms with E-state index in [1.54, 1.807) is 19.1 Å². The molecule has 1 amide bonds. The number of amides is 1. The van der Waals surface area contributed by atoms with Crippen LogP contribution in [0.2, 0.25) is 5.02 Å². The summed E-state index contributed by atoms with van der Waals surface area (Å²) < 4.78 is 14.5. The number of rotatable bonds is 4. The third kappa shape index (κ3) is 3.83. The molecule has 2 aromatic rings. The molecule has 0 aliphatic carbocycles. The van der Waals surface area contributed by atoms with Crippen molar-refractivity contribution in [1.82, 2.24) is 9.88 Å². The summed E-state index contributed by atoms with van der Waals surface area (Å²) >= 11 is 5.78. The van der Waals surface area contributed by atoms with Crippen molar-refractivity contribution in [2.24, 2.45) is 10.7 Å². The Bertz CT molecular complexity index is 945. The third-order valence-corrected chi connectivity index (χ3v) is 4.79. The van der Waals surface area contributed by atoms with Crippen molar-refractivity contribution >= 4 is 29.3 Å². The lowest BCUT2D eigenvalue weighted by Crippen LogP contribution is -2.47. The smallest absolute Gasteiger partial charge is 0.231 e. The minimum Gasteiger partial charge on any atom is -0.369 e. The van der Waals surface area contributed by atoms with Gasteiger partial charge in [-0.05, 0) is 36.8 Å². The number of benzene rings is 1. The van der Waals surface area contributed by atoms with Gasteiger partial charge < -0.3 is 5.73 Å². The van der Waals surface area contributed by atoms with Crippen molar-refractivity contribution in [3.05, 3.63) is 64.2 Å². The third-order valence-electron chi connectivity index (χ3n) is 4.56. The van der Waals surface area contributed by atoms with Crippen LogP contribution < -0.4 is 5.73 Å². The number of aromatic nitrogens is 1. The highest BCUT2D eigenvalue weighted by Gasteiger charge is 2.38. The lowest BCUT2D eigenvalue weighted by molar-refractivity contribution is -0.128. The van der Waals surface area contributed by atoms with E-state index < -0.39 is 11.4 Å². The Morgan fingerprint density at radius 2 is 2.11 bits per heavy atom. The van der Waals surface area contributed by atoms with Gasteiger partial charge in [0.05, 0.1) is 17.0 Å². The Labute approximate surface area is 160 Å². The van der Waals surface area contributed by atoms with Gasteiger partial charge in [0.1, 0.15) is 11.5 Å². The van der Waals surface area contributed by atoms with Crippen molar-refractivity contribution in [1.29, 1.82) is 0 Å². The van der Waals surface area contributed by atoms with Crippen LogP contribution in [-0.4, -0.2) is 34.6 Å². The number of hydrogen-bond donors (Lipinski definition) is 1. The van der Waals surface area contributed by atoms with Gasteiger partial charge in [0.15, 0.2) is 11.7 Å². The van der Waals surface area contributed by atoms with E-state index in [1.165, 1.54) is 36.3 Å². The van der Waals surface area contributed by atoms with E-state index in [9.17, 15) is 14.0 Å². The van der Waals surface area contributed by atoms with E-state index in [1.807, 2.05) is 0 Å². The van der Waals surface area contributed by atoms with Crippen LogP contribution in [0.4, 0.5) is 4.39 Å². The number of nitrogens with zero attached hydrogens (tertiary/aromatic N) is 3. The summed E-state index contributed by atoms with van der Waals surface area (Å²) in [4.78, 5) is 34.1. The van der Waals surface area contributed by atoms with E-state index in [4.69, 9.17) is 17.3 Å². The first kappa shape index (κ1) is 19.0. The van der Waals surface area contributed by atoms with Gasteiger partial charge in [-0.2, -0.15) is 0 Å². The summed E-state index contributed by atoms with van der Waals surface area (Å²) in [6.07, 6.45) is 1.41. The predicted molar refractivity (Wildman–Crippen MR) is 100 cm³/mol. The number of pyridine rings is 1. The SMILES string of the molecule is CN1C(=O)CC(C)(c2cc(CC(=O)c3ccc(Cl)cn3)ccc2F)N=C1N. The van der Waals surface area contributed by atoms with Crippen molar-refractivity contribution in [3.8, 4) is 0 Å². The molecule has 0 saturated heterocycles. The number of nitrogens with two attached hydrogens (primary N) is 1. The highest BCUT2D eigenvalue weighted by molar-refractivity contribution is 6.30. The Morgan fingerprint density at radius 3 is 2.74 bits per heavy atom. The first-order valence-corrected chi connectivity index (χ1v) is 8.63. The van der Waals surface area contributed by atoms with Crippen molar-refractivity contribution in [2.75, 3.05) is 7.05 Å². The molecule has 1 aliphatic rings. The number of carbonyl (C=O) groups is 2. The van der Waals surface area contributed by atoms with Crippen LogP contribution in [0.1, 0.15) is 35.0 Å². The predicted octanol–water partition coefficient (Wildman–Crippen LogP) is 2.69. The largest absolute Gasteiger partial charge is 0.369 e. The molecule has 0 saturated carbocycles. The zero-order chi connectivity index (χ0) is 19.8. The van der Waals surface area contributed by atoms with E-state index in [0.29, 0.717) is 10.6 Å². The average Bonchev–Trinajstić information content (AvgIpc) is 2.61. The van der Waals surface area contributed by atoms with E-state index >= 15 is 0 Å². The van der Waals surface area contributed by atoms with Crippen LogP contribution in [0.15, 0.2) is 41.5 Å². The number of aliphatic imine (C=N–C) groups is 1. The molecule has 1 aliphatic heterocycles. The summed E-state index contributed by atoms with van der Waals surface area (Å²) in [5, 5.41) is 0.436. The molecule has 2 heterocycles. The van der Waals surface area contributed by atoms with Gasteiger partial charge in [0, 0.05) is 25.2 Å². The quantitative estimate of drug-likeness (QED) is 0.815. The fourth-order valence-electron chi connectivity index (χ4n) is 2.98. The van der Waals surface area contributed by atoms with Crippen LogP contribution in [-0.2, 0) is 16.8 Å². The molecule has 0 fully saturated rings. The van der Waals surface area contributed by atoms with Gasteiger partial charge in [-0.3, -0.25) is 19.5 Å². The molecule has 0 spiro atoms. The molecule has 1 atom stereocenters. The molecule has 2 N–H and O–H groups in total. The molecule has 1 unspecified atom stereocenters. The van der Waals surface area contributed by atoms with Crippen molar-refractivity contribution in [3.63, 3.8) is 0 Å². The number of guanidine groups is 1. The molecule has 1 aromatic carbocycles. The zero-order valence-corrected chi connectivity index (χ0v) is 15.6. The summed E-state index contributed by atoms with van der Waals surface area (Å²) in [6, 6.07) is 7.48. The molecule has 0 radical (unpaired) electrons. The van der Waals surface area contributed by atoms with Gasteiger partial charge in [0.2, 0.25) is 5.91 Å². The lowest BCUT2D eigenvalue weighted by atomic mass is 9.85. The van der Waals surface area contributed by atoms with Gasteiger partial charge >= 0.3 is 0 Å². The number of carbonyl (C=O) groups excluding carboxylic acids is 2. The Balaban J connectivity index is 1.92. The number of ketones is 1. The van der Waals surface area contributed by atoms with E-state index in [2.05, 4.69) is 9.98 Å². The second-order valence-corrected chi connectivity index (χ2v) is 7.09. The monoisotopic (exact) mass is 388 g/mol. The van der Waals surface area contributed by atoms with E-state index in [0.717, 1.165) is 0 Å². The molecular formula is C19H18ClFN4O2. The Morgan fingerprint density at radius 1 is 1.37 bits per heavy atom. The second kappa shape index (κ2) is 7.08.